The molecule has 0 aliphatic heterocycles. The van der Waals surface area contributed by atoms with Gasteiger partial charge in [0.15, 0.2) is 7.26 Å². The largest absolute Gasteiger partial charge is 1.00 e. The summed E-state index contributed by atoms with van der Waals surface area (Å²) in [6, 6.07) is 30.7. The van der Waals surface area contributed by atoms with Gasteiger partial charge in [-0.3, -0.25) is 0 Å². The number of aliphatic hydroxyl groups is 1. The zero-order valence-corrected chi connectivity index (χ0v) is 27.8. The van der Waals surface area contributed by atoms with Crippen LogP contribution in [-0.4, -0.2) is 16.7 Å². The van der Waals surface area contributed by atoms with E-state index >= 15 is 0 Å². The van der Waals surface area contributed by atoms with Crippen LogP contribution in [0.4, 0.5) is 0 Å². The molecular weight excluding hydrogens is 599 g/mol. The van der Waals surface area contributed by atoms with Crippen molar-refractivity contribution in [2.45, 2.75) is 53.6 Å². The summed E-state index contributed by atoms with van der Waals surface area (Å²) < 4.78 is 0. The van der Waals surface area contributed by atoms with Crippen LogP contribution in [0.15, 0.2) is 150 Å². The fourth-order valence-corrected chi connectivity index (χ4v) is 9.84. The van der Waals surface area contributed by atoms with Crippen LogP contribution in [0.5, 0.6) is 0 Å². The average Bonchev–Trinajstić information content (AvgIpc) is 2.94. The molecule has 0 amide bonds. The van der Waals surface area contributed by atoms with Gasteiger partial charge in [-0.1, -0.05) is 110 Å². The smallest absolute Gasteiger partial charge is 0.306 e. The molecule has 1 aliphatic rings. The summed E-state index contributed by atoms with van der Waals surface area (Å²) in [6.07, 6.45) is 13.5. The Morgan fingerprint density at radius 1 is 0.810 bits per heavy atom. The normalized spacial score (nSPS) is 17.9. The quantitative estimate of drug-likeness (QED) is 0.203. The molecule has 0 aromatic heterocycles. The lowest BCUT2D eigenvalue weighted by Gasteiger charge is -2.35. The Morgan fingerprint density at radius 2 is 1.29 bits per heavy atom. The van der Waals surface area contributed by atoms with Crippen LogP contribution in [0.2, 0.25) is 0 Å². The molecule has 42 heavy (non-hydrogen) atoms. The molecule has 0 saturated carbocycles. The molecule has 1 N–H and O–H groups in total. The van der Waals surface area contributed by atoms with Crippen molar-refractivity contribution < 1.29 is 26.9 Å². The lowest BCUT2D eigenvalue weighted by molar-refractivity contribution is -0.107. The van der Waals surface area contributed by atoms with E-state index in [0.29, 0.717) is 0 Å². The van der Waals surface area contributed by atoms with Gasteiger partial charge >= 0.3 is 5.52 Å². The Hall–Kier alpha value is -3.10. The zero-order chi connectivity index (χ0) is 29.5. The van der Waals surface area contributed by atoms with Gasteiger partial charge in [-0.25, -0.2) is 4.79 Å². The first-order valence-electron chi connectivity index (χ1n) is 14.3. The van der Waals surface area contributed by atoms with Gasteiger partial charge in [-0.15, -0.1) is 0 Å². The number of allylic oxidation sites excluding steroid dienone is 9. The van der Waals surface area contributed by atoms with Crippen molar-refractivity contribution in [1.82, 2.24) is 0 Å². The van der Waals surface area contributed by atoms with Crippen molar-refractivity contribution >= 4 is 28.7 Å². The summed E-state index contributed by atoms with van der Waals surface area (Å²) in [6.45, 7) is 10.6. The molecule has 0 radical (unpaired) electrons. The molecule has 2 nitrogen and oxygen atoms in total. The lowest BCUT2D eigenvalue weighted by Crippen LogP contribution is -3.00. The second-order valence-corrected chi connectivity index (χ2v) is 15.0. The minimum atomic E-state index is -2.60. The maximum atomic E-state index is 14.5. The summed E-state index contributed by atoms with van der Waals surface area (Å²) in [7, 11) is -2.60. The maximum Gasteiger partial charge on any atom is 0.306 e. The number of rotatable bonds is 9. The highest BCUT2D eigenvalue weighted by atomic mass is 79.9. The highest BCUT2D eigenvalue weighted by Gasteiger charge is 2.52. The monoisotopic (exact) mass is 640 g/mol. The van der Waals surface area contributed by atoms with Crippen molar-refractivity contribution in [2.24, 2.45) is 5.41 Å². The number of aliphatic hydroxyl groups excluding tert-OH is 1. The Balaban J connectivity index is 0.00000484. The summed E-state index contributed by atoms with van der Waals surface area (Å²) >= 11 is 0. The van der Waals surface area contributed by atoms with Gasteiger partial charge in [0, 0.05) is 6.08 Å². The molecule has 1 atom stereocenters. The molecule has 0 spiro atoms. The third kappa shape index (κ3) is 7.64. The molecule has 3 aromatic carbocycles. The minimum Gasteiger partial charge on any atom is -1.00 e. The topological polar surface area (TPSA) is 37.3 Å². The zero-order valence-electron chi connectivity index (χ0n) is 25.3. The van der Waals surface area contributed by atoms with Crippen molar-refractivity contribution in [3.8, 4) is 0 Å². The van der Waals surface area contributed by atoms with E-state index in [4.69, 9.17) is 0 Å². The van der Waals surface area contributed by atoms with Crippen LogP contribution in [0.25, 0.3) is 0 Å². The lowest BCUT2D eigenvalue weighted by atomic mass is 9.71. The number of hydrogen-bond donors (Lipinski definition) is 1. The second kappa shape index (κ2) is 14.9. The molecule has 3 aromatic rings. The number of halogens is 1. The number of hydrogen-bond acceptors (Lipinski definition) is 2. The van der Waals surface area contributed by atoms with Crippen molar-refractivity contribution in [3.05, 3.63) is 150 Å². The van der Waals surface area contributed by atoms with Gasteiger partial charge in [-0.2, -0.15) is 0 Å². The third-order valence-electron chi connectivity index (χ3n) is 7.82. The molecule has 4 heteroatoms. The molecule has 0 saturated heterocycles. The SMILES string of the molecule is CC1=C(/C=C/C(C)=C/C=C/C(C)=C/C(=O)[P+](c2ccccc2)(c2ccccc2)c2ccccc2)C(C)(C)CC(O)C1.[Br-]. The van der Waals surface area contributed by atoms with Crippen molar-refractivity contribution in [1.29, 1.82) is 0 Å². The summed E-state index contributed by atoms with van der Waals surface area (Å²) in [5.74, 6) is 0. The van der Waals surface area contributed by atoms with E-state index in [1.165, 1.54) is 11.1 Å². The number of carbonyl (C=O) groups is 1. The van der Waals surface area contributed by atoms with Crippen LogP contribution in [-0.2, 0) is 4.79 Å². The molecule has 4 rings (SSSR count). The van der Waals surface area contributed by atoms with Gasteiger partial charge < -0.3 is 22.1 Å². The average molecular weight is 642 g/mol. The Kier molecular flexibility index (Phi) is 11.8. The molecule has 218 valence electrons. The van der Waals surface area contributed by atoms with Gasteiger partial charge in [0.1, 0.15) is 15.9 Å². The van der Waals surface area contributed by atoms with Crippen molar-refractivity contribution in [3.63, 3.8) is 0 Å². The second-order valence-electron chi connectivity index (χ2n) is 11.6. The van der Waals surface area contributed by atoms with E-state index in [-0.39, 0.29) is 34.0 Å². The van der Waals surface area contributed by atoms with Crippen LogP contribution in [0.3, 0.4) is 0 Å². The van der Waals surface area contributed by atoms with E-state index in [1.54, 1.807) is 0 Å². The Labute approximate surface area is 263 Å². The predicted molar refractivity (Wildman–Crippen MR) is 178 cm³/mol. The Morgan fingerprint density at radius 3 is 1.74 bits per heavy atom. The van der Waals surface area contributed by atoms with Crippen LogP contribution < -0.4 is 32.9 Å². The van der Waals surface area contributed by atoms with E-state index in [1.807, 2.05) is 79.7 Å². The minimum absolute atomic E-state index is 0. The highest BCUT2D eigenvalue weighted by Crippen LogP contribution is 2.56. The maximum absolute atomic E-state index is 14.5. The molecule has 0 fully saturated rings. The first-order valence-corrected chi connectivity index (χ1v) is 16.1. The third-order valence-corrected chi connectivity index (χ3v) is 11.8. The summed E-state index contributed by atoms with van der Waals surface area (Å²) in [5, 5.41) is 13.3. The fraction of sp³-hybridized carbons (Fsp3) is 0.237. The van der Waals surface area contributed by atoms with E-state index in [2.05, 4.69) is 82.3 Å². The molecule has 0 bridgehead atoms. The van der Waals surface area contributed by atoms with E-state index < -0.39 is 7.26 Å². The highest BCUT2D eigenvalue weighted by molar-refractivity contribution is 8.08. The van der Waals surface area contributed by atoms with Crippen LogP contribution in [0, 0.1) is 5.41 Å². The molecule has 1 aliphatic carbocycles. The first kappa shape index (κ1) is 33.4. The summed E-state index contributed by atoms with van der Waals surface area (Å²) in [4.78, 5) is 14.5. The first-order chi connectivity index (χ1) is 19.6. The number of carbonyl (C=O) groups excluding carboxylic acids is 1. The van der Waals surface area contributed by atoms with Gasteiger partial charge in [0.05, 0.1) is 6.10 Å². The predicted octanol–water partition coefficient (Wildman–Crippen LogP) is 5.01. The Bertz CT molecular complexity index is 1400. The van der Waals surface area contributed by atoms with Gasteiger partial charge in [-0.05, 0) is 86.6 Å². The van der Waals surface area contributed by atoms with Crippen LogP contribution >= 0.6 is 7.26 Å². The standard InChI is InChI=1S/C38H42O2P.BrH/c1-29(24-25-36-31(3)27-32(39)28-38(36,4)5)16-15-17-30(2)26-37(40)41(33-18-9-6-10-19-33,34-20-11-7-12-21-34)35-22-13-8-14-23-35;/h6-26,32,39H,27-28H2,1-5H3;1H/q+1;/p-1/b17-15+,25-24+,29-16+,30-26+;. The van der Waals surface area contributed by atoms with E-state index in [9.17, 15) is 9.90 Å². The van der Waals surface area contributed by atoms with Crippen LogP contribution in [0.1, 0.15) is 47.5 Å². The van der Waals surface area contributed by atoms with Crippen molar-refractivity contribution in [2.75, 3.05) is 0 Å². The van der Waals surface area contributed by atoms with Gasteiger partial charge in [0.2, 0.25) is 0 Å². The van der Waals surface area contributed by atoms with E-state index in [0.717, 1.165) is 39.9 Å². The summed E-state index contributed by atoms with van der Waals surface area (Å²) in [5.41, 5.74) is 4.70. The molecular formula is C38H42BrO2P. The number of benzene rings is 3. The van der Waals surface area contributed by atoms with Gasteiger partial charge in [0.25, 0.3) is 0 Å². The molecule has 0 heterocycles. The molecule has 1 unspecified atom stereocenters. The fourth-order valence-electron chi connectivity index (χ4n) is 5.93.